The fourth-order valence-corrected chi connectivity index (χ4v) is 4.45. The summed E-state index contributed by atoms with van der Waals surface area (Å²) in [6.07, 6.45) is 8.22. The van der Waals surface area contributed by atoms with Crippen molar-refractivity contribution in [2.24, 2.45) is 11.8 Å². The highest BCUT2D eigenvalue weighted by Crippen LogP contribution is 2.34. The van der Waals surface area contributed by atoms with Crippen molar-refractivity contribution in [1.82, 2.24) is 4.90 Å². The first-order chi connectivity index (χ1) is 10.1. The maximum atomic E-state index is 6.12. The van der Waals surface area contributed by atoms with E-state index in [1.807, 2.05) is 6.07 Å². The van der Waals surface area contributed by atoms with Gasteiger partial charge in [0.2, 0.25) is 0 Å². The van der Waals surface area contributed by atoms with E-state index >= 15 is 0 Å². The van der Waals surface area contributed by atoms with Crippen molar-refractivity contribution >= 4 is 5.69 Å². The van der Waals surface area contributed by atoms with Gasteiger partial charge in [-0.15, -0.1) is 0 Å². The second-order valence-electron chi connectivity index (χ2n) is 7.52. The summed E-state index contributed by atoms with van der Waals surface area (Å²) in [6.45, 7) is 7.03. The van der Waals surface area contributed by atoms with Crippen LogP contribution in [0.4, 0.5) is 5.69 Å². The Morgan fingerprint density at radius 1 is 1.29 bits per heavy atom. The van der Waals surface area contributed by atoms with Crippen LogP contribution in [0.1, 0.15) is 57.1 Å². The Morgan fingerprint density at radius 2 is 2.14 bits per heavy atom. The summed E-state index contributed by atoms with van der Waals surface area (Å²) >= 11 is 0. The van der Waals surface area contributed by atoms with E-state index in [0.717, 1.165) is 36.5 Å². The van der Waals surface area contributed by atoms with Gasteiger partial charge in [-0.05, 0) is 54.7 Å². The highest BCUT2D eigenvalue weighted by Gasteiger charge is 2.29. The van der Waals surface area contributed by atoms with Crippen LogP contribution in [-0.2, 0) is 13.0 Å². The van der Waals surface area contributed by atoms with Crippen LogP contribution in [0.25, 0.3) is 0 Å². The molecule has 2 unspecified atom stereocenters. The van der Waals surface area contributed by atoms with E-state index in [1.54, 1.807) is 0 Å². The summed E-state index contributed by atoms with van der Waals surface area (Å²) in [5.74, 6) is 1.79. The number of nitrogens with zero attached hydrogens (tertiary/aromatic N) is 1. The third-order valence-electron chi connectivity index (χ3n) is 5.41. The molecule has 1 fully saturated rings. The standard InChI is InChI=1S/C19H30N2/c1-14(2)11-15-5-3-7-17(12-15)21-10-9-18-16(13-21)6-4-8-19(18)20/h4,6,8,14-15,17H,3,5,7,9-13,20H2,1-2H3. The first kappa shape index (κ1) is 14.9. The van der Waals surface area contributed by atoms with Gasteiger partial charge in [0.25, 0.3) is 0 Å². The van der Waals surface area contributed by atoms with Crippen LogP contribution in [0.3, 0.4) is 0 Å². The van der Waals surface area contributed by atoms with Crippen LogP contribution >= 0.6 is 0 Å². The lowest BCUT2D eigenvalue weighted by Crippen LogP contribution is -2.42. The Labute approximate surface area is 129 Å². The van der Waals surface area contributed by atoms with E-state index in [4.69, 9.17) is 5.73 Å². The van der Waals surface area contributed by atoms with Crippen molar-refractivity contribution in [1.29, 1.82) is 0 Å². The normalized spacial score (nSPS) is 26.8. The molecule has 1 aliphatic heterocycles. The first-order valence-corrected chi connectivity index (χ1v) is 8.73. The lowest BCUT2D eigenvalue weighted by atomic mass is 9.80. The minimum absolute atomic E-state index is 0.803. The molecule has 1 aromatic carbocycles. The Kier molecular flexibility index (Phi) is 4.54. The molecule has 0 aromatic heterocycles. The summed E-state index contributed by atoms with van der Waals surface area (Å²) in [4.78, 5) is 2.73. The molecule has 1 saturated carbocycles. The number of nitrogen functional groups attached to an aromatic ring is 1. The molecule has 2 nitrogen and oxygen atoms in total. The van der Waals surface area contributed by atoms with Gasteiger partial charge < -0.3 is 5.73 Å². The molecule has 3 rings (SSSR count). The molecule has 2 atom stereocenters. The monoisotopic (exact) mass is 286 g/mol. The number of hydrogen-bond donors (Lipinski definition) is 1. The molecule has 0 amide bonds. The molecular weight excluding hydrogens is 256 g/mol. The van der Waals surface area contributed by atoms with Gasteiger partial charge in [-0.1, -0.05) is 38.8 Å². The van der Waals surface area contributed by atoms with Gasteiger partial charge in [0.05, 0.1) is 0 Å². The minimum Gasteiger partial charge on any atom is -0.398 e. The van der Waals surface area contributed by atoms with E-state index in [2.05, 4.69) is 30.9 Å². The van der Waals surface area contributed by atoms with E-state index in [9.17, 15) is 0 Å². The molecule has 0 spiro atoms. The van der Waals surface area contributed by atoms with Crippen LogP contribution in [0.5, 0.6) is 0 Å². The van der Waals surface area contributed by atoms with E-state index in [1.165, 1.54) is 49.8 Å². The smallest absolute Gasteiger partial charge is 0.0350 e. The number of fused-ring (bicyclic) bond motifs is 1. The molecule has 2 N–H and O–H groups in total. The number of benzene rings is 1. The second kappa shape index (κ2) is 6.39. The Morgan fingerprint density at radius 3 is 2.95 bits per heavy atom. The molecule has 0 bridgehead atoms. The van der Waals surface area contributed by atoms with Crippen LogP contribution in [0.15, 0.2) is 18.2 Å². The fourth-order valence-electron chi connectivity index (χ4n) is 4.45. The molecule has 1 heterocycles. The van der Waals surface area contributed by atoms with Crippen molar-refractivity contribution in [3.05, 3.63) is 29.3 Å². The summed E-state index contributed by atoms with van der Waals surface area (Å²) < 4.78 is 0. The van der Waals surface area contributed by atoms with Crippen molar-refractivity contribution < 1.29 is 0 Å². The van der Waals surface area contributed by atoms with E-state index in [0.29, 0.717) is 0 Å². The lowest BCUT2D eigenvalue weighted by Gasteiger charge is -2.40. The number of hydrogen-bond acceptors (Lipinski definition) is 2. The molecule has 1 aliphatic carbocycles. The summed E-state index contributed by atoms with van der Waals surface area (Å²) in [6, 6.07) is 7.23. The van der Waals surface area contributed by atoms with E-state index < -0.39 is 0 Å². The van der Waals surface area contributed by atoms with E-state index in [-0.39, 0.29) is 0 Å². The average Bonchev–Trinajstić information content (AvgIpc) is 2.47. The van der Waals surface area contributed by atoms with Gasteiger partial charge in [0.15, 0.2) is 0 Å². The van der Waals surface area contributed by atoms with Crippen molar-refractivity contribution in [3.63, 3.8) is 0 Å². The molecule has 2 heteroatoms. The van der Waals surface area contributed by atoms with Crippen LogP contribution in [0, 0.1) is 11.8 Å². The summed E-state index contributed by atoms with van der Waals surface area (Å²) in [5.41, 5.74) is 9.99. The average molecular weight is 286 g/mol. The van der Waals surface area contributed by atoms with Gasteiger partial charge in [-0.25, -0.2) is 0 Å². The Balaban J connectivity index is 1.65. The van der Waals surface area contributed by atoms with Crippen LogP contribution < -0.4 is 5.73 Å². The van der Waals surface area contributed by atoms with Gasteiger partial charge in [-0.2, -0.15) is 0 Å². The third kappa shape index (κ3) is 3.42. The highest BCUT2D eigenvalue weighted by atomic mass is 15.2. The molecule has 0 radical (unpaired) electrons. The molecule has 1 aromatic rings. The Bertz CT molecular complexity index is 480. The maximum absolute atomic E-state index is 6.12. The quantitative estimate of drug-likeness (QED) is 0.842. The molecular formula is C19H30N2. The Hall–Kier alpha value is -1.02. The fraction of sp³-hybridized carbons (Fsp3) is 0.684. The van der Waals surface area contributed by atoms with Crippen LogP contribution in [-0.4, -0.2) is 17.5 Å². The molecule has 0 saturated heterocycles. The molecule has 2 aliphatic rings. The summed E-state index contributed by atoms with van der Waals surface area (Å²) in [5, 5.41) is 0. The summed E-state index contributed by atoms with van der Waals surface area (Å²) in [7, 11) is 0. The third-order valence-corrected chi connectivity index (χ3v) is 5.41. The lowest BCUT2D eigenvalue weighted by molar-refractivity contribution is 0.110. The SMILES string of the molecule is CC(C)CC1CCCC(N2CCc3c(N)cccc3C2)C1. The maximum Gasteiger partial charge on any atom is 0.0350 e. The topological polar surface area (TPSA) is 29.3 Å². The first-order valence-electron chi connectivity index (χ1n) is 8.73. The van der Waals surface area contributed by atoms with Gasteiger partial charge >= 0.3 is 0 Å². The number of anilines is 1. The van der Waals surface area contributed by atoms with Gasteiger partial charge in [0.1, 0.15) is 0 Å². The zero-order chi connectivity index (χ0) is 14.8. The largest absolute Gasteiger partial charge is 0.398 e. The minimum atomic E-state index is 0.803. The molecule has 21 heavy (non-hydrogen) atoms. The van der Waals surface area contributed by atoms with Crippen molar-refractivity contribution in [2.75, 3.05) is 12.3 Å². The van der Waals surface area contributed by atoms with Gasteiger partial charge in [-0.3, -0.25) is 4.90 Å². The number of rotatable bonds is 3. The highest BCUT2D eigenvalue weighted by molar-refractivity contribution is 5.51. The van der Waals surface area contributed by atoms with Crippen molar-refractivity contribution in [3.8, 4) is 0 Å². The zero-order valence-corrected chi connectivity index (χ0v) is 13.6. The zero-order valence-electron chi connectivity index (χ0n) is 13.6. The molecule has 116 valence electrons. The predicted octanol–water partition coefficient (Wildman–Crippen LogP) is 4.23. The number of nitrogens with two attached hydrogens (primary N) is 1. The van der Waals surface area contributed by atoms with Crippen molar-refractivity contribution in [2.45, 2.75) is 65.0 Å². The second-order valence-corrected chi connectivity index (χ2v) is 7.52. The van der Waals surface area contributed by atoms with Gasteiger partial charge in [0, 0.05) is 24.8 Å². The van der Waals surface area contributed by atoms with Crippen LogP contribution in [0.2, 0.25) is 0 Å². The predicted molar refractivity (Wildman–Crippen MR) is 90.2 cm³/mol.